The Bertz CT molecular complexity index is 2450. The molecule has 4 heterocycles. The molecule has 350 valence electrons. The Morgan fingerprint density at radius 2 is 1.69 bits per heavy atom. The van der Waals surface area contributed by atoms with Gasteiger partial charge in [-0.15, -0.1) is 11.3 Å². The third kappa shape index (κ3) is 10.5. The molecule has 2 aromatic carbocycles. The number of benzene rings is 2. The molecule has 65 heavy (non-hydrogen) atoms. The summed E-state index contributed by atoms with van der Waals surface area (Å²) in [7, 11) is -2.90. The zero-order chi connectivity index (χ0) is 46.0. The second-order valence-electron chi connectivity index (χ2n) is 19.1. The maximum atomic E-state index is 15.0. The maximum absolute atomic E-state index is 15.0. The van der Waals surface area contributed by atoms with E-state index in [0.29, 0.717) is 64.1 Å². The van der Waals surface area contributed by atoms with E-state index in [0.717, 1.165) is 69.9 Å². The smallest absolute Gasteiger partial charge is 0.226 e. The van der Waals surface area contributed by atoms with E-state index in [4.69, 9.17) is 31.0 Å². The van der Waals surface area contributed by atoms with Crippen LogP contribution in [0.2, 0.25) is 5.02 Å². The third-order valence-corrected chi connectivity index (χ3v) is 18.2. The Hall–Kier alpha value is -3.97. The molecule has 4 fully saturated rings. The molecule has 16 heteroatoms. The van der Waals surface area contributed by atoms with Crippen molar-refractivity contribution in [1.82, 2.24) is 14.9 Å². The molecular weight excluding hydrogens is 893 g/mol. The highest BCUT2D eigenvalue weighted by Crippen LogP contribution is 2.75. The minimum Gasteiger partial charge on any atom is -0.495 e. The molecule has 2 N–H and O–H groups in total. The number of amides is 1. The largest absolute Gasteiger partial charge is 0.495 e. The normalized spacial score (nSPS) is 25.4. The van der Waals surface area contributed by atoms with E-state index >= 15 is 18.4 Å². The fraction of sp³-hybridized carbons (Fsp3) is 0.571. The zero-order valence-corrected chi connectivity index (χ0v) is 39.9. The van der Waals surface area contributed by atoms with Crippen LogP contribution in [-0.2, 0) is 25.1 Å². The van der Waals surface area contributed by atoms with Crippen LogP contribution in [0.25, 0.3) is 22.3 Å². The molecule has 1 amide bonds. The van der Waals surface area contributed by atoms with E-state index in [1.165, 1.54) is 24.5 Å². The van der Waals surface area contributed by atoms with E-state index in [1.54, 1.807) is 23.1 Å². The molecule has 2 saturated heterocycles. The van der Waals surface area contributed by atoms with Crippen LogP contribution >= 0.6 is 30.3 Å². The number of carbonyl (C=O) groups is 3. The number of nitrogens with zero attached hydrogens (tertiary/aromatic N) is 3. The lowest BCUT2D eigenvalue weighted by molar-refractivity contribution is -0.143. The number of hydrogen-bond donors (Lipinski definition) is 2. The lowest BCUT2D eigenvalue weighted by Gasteiger charge is -2.30. The summed E-state index contributed by atoms with van der Waals surface area (Å²) >= 11 is 8.33. The van der Waals surface area contributed by atoms with Crippen molar-refractivity contribution >= 4 is 63.8 Å². The quantitative estimate of drug-likeness (QED) is 0.124. The number of hydrogen-bond acceptors (Lipinski definition) is 10. The van der Waals surface area contributed by atoms with Gasteiger partial charge < -0.3 is 24.6 Å². The van der Waals surface area contributed by atoms with Crippen LogP contribution in [0.1, 0.15) is 122 Å². The number of halogens is 3. The average molecular weight is 954 g/mol. The highest BCUT2D eigenvalue weighted by molar-refractivity contribution is 7.59. The fourth-order valence-electron chi connectivity index (χ4n) is 10.6. The highest BCUT2D eigenvalue weighted by atomic mass is 35.5. The standard InChI is InChI=1S/C49H60ClF2N4O7PS/c1-29(2)53-48-55-40(28-65-48)39-23-44(35-18-19-43(62-3)45(50)46(35)54-39)63-34-22-41-42(58)25-49(64(60,61)27-36-37(51)16-11-17-38(36)52)24-32(49)15-8-6-4-5-7-14-31(47(59)56(41)26-34)21-33(57)20-30-12-9-10-13-30/h11,16-19,23,28-32,34,41H,4-10,12-15,20-22,24-27H2,1-3H3,(H,53,55)(H,60,61)/t31?,32-,34+,41-,49+/m0/s1. The summed E-state index contributed by atoms with van der Waals surface area (Å²) < 4.78 is 57.0. The summed E-state index contributed by atoms with van der Waals surface area (Å²) in [5.74, 6) is -2.26. The Kier molecular flexibility index (Phi) is 14.7. The summed E-state index contributed by atoms with van der Waals surface area (Å²) in [5, 5.41) is 5.38. The van der Waals surface area contributed by atoms with Crippen LogP contribution in [0.15, 0.2) is 41.8 Å². The van der Waals surface area contributed by atoms with Crippen molar-refractivity contribution in [3.8, 4) is 22.9 Å². The summed E-state index contributed by atoms with van der Waals surface area (Å²) in [6.07, 6.45) is 8.56. The van der Waals surface area contributed by atoms with Gasteiger partial charge in [0.2, 0.25) is 13.3 Å². The van der Waals surface area contributed by atoms with Gasteiger partial charge in [0.15, 0.2) is 10.9 Å². The van der Waals surface area contributed by atoms with Crippen molar-refractivity contribution in [1.29, 1.82) is 0 Å². The van der Waals surface area contributed by atoms with Gasteiger partial charge in [0, 0.05) is 60.0 Å². The molecule has 8 rings (SSSR count). The summed E-state index contributed by atoms with van der Waals surface area (Å²) in [6.45, 7) is 4.07. The lowest BCUT2D eigenvalue weighted by atomic mass is 9.89. The number of pyridine rings is 1. The van der Waals surface area contributed by atoms with Crippen LogP contribution in [0.4, 0.5) is 13.9 Å². The van der Waals surface area contributed by atoms with Gasteiger partial charge in [-0.3, -0.25) is 18.9 Å². The van der Waals surface area contributed by atoms with Gasteiger partial charge in [-0.05, 0) is 69.2 Å². The number of ketones is 2. The number of anilines is 1. The molecule has 0 radical (unpaired) electrons. The molecule has 4 aliphatic rings. The van der Waals surface area contributed by atoms with Crippen molar-refractivity contribution in [3.63, 3.8) is 0 Å². The number of Topliss-reactive ketones (excluding diaryl/α,β-unsaturated/α-hetero) is 2. The minimum atomic E-state index is -4.42. The van der Waals surface area contributed by atoms with Crippen LogP contribution in [-0.4, -0.2) is 74.2 Å². The monoisotopic (exact) mass is 952 g/mol. The molecule has 4 aromatic rings. The average Bonchev–Trinajstić information content (AvgIpc) is 3.68. The van der Waals surface area contributed by atoms with Gasteiger partial charge in [-0.2, -0.15) is 0 Å². The first-order valence-electron chi connectivity index (χ1n) is 23.3. The molecule has 2 unspecified atom stereocenters. The summed E-state index contributed by atoms with van der Waals surface area (Å²) in [4.78, 5) is 66.9. The molecule has 2 aromatic heterocycles. The number of thiazole rings is 1. The van der Waals surface area contributed by atoms with Crippen LogP contribution in [0.5, 0.6) is 11.5 Å². The number of fused-ring (bicyclic) bond motifs is 3. The molecule has 0 spiro atoms. The first-order chi connectivity index (χ1) is 31.2. The summed E-state index contributed by atoms with van der Waals surface area (Å²) in [6, 6.07) is 7.75. The maximum Gasteiger partial charge on any atom is 0.226 e. The van der Waals surface area contributed by atoms with E-state index in [9.17, 15) is 14.3 Å². The Morgan fingerprint density at radius 1 is 0.985 bits per heavy atom. The predicted octanol–water partition coefficient (Wildman–Crippen LogP) is 11.6. The topological polar surface area (TPSA) is 148 Å². The minimum absolute atomic E-state index is 0.0262. The van der Waals surface area contributed by atoms with E-state index in [2.05, 4.69) is 5.32 Å². The molecule has 2 aliphatic carbocycles. The van der Waals surface area contributed by atoms with Crippen molar-refractivity contribution < 1.29 is 42.1 Å². The Labute approximate surface area is 388 Å². The van der Waals surface area contributed by atoms with Crippen LogP contribution in [0, 0.1) is 29.4 Å². The molecule has 11 nitrogen and oxygen atoms in total. The number of aromatic nitrogens is 2. The number of ether oxygens (including phenoxy) is 2. The third-order valence-electron chi connectivity index (χ3n) is 14.2. The molecule has 6 atom stereocenters. The van der Waals surface area contributed by atoms with Crippen molar-refractivity contribution in [2.24, 2.45) is 17.8 Å². The van der Waals surface area contributed by atoms with Gasteiger partial charge in [-0.1, -0.05) is 75.5 Å². The van der Waals surface area contributed by atoms with E-state index in [1.807, 2.05) is 19.2 Å². The van der Waals surface area contributed by atoms with E-state index in [-0.39, 0.29) is 60.9 Å². The van der Waals surface area contributed by atoms with E-state index < -0.39 is 59.7 Å². The molecule has 2 saturated carbocycles. The van der Waals surface area contributed by atoms with Crippen molar-refractivity contribution in [2.75, 3.05) is 19.0 Å². The molecular formula is C49H60ClF2N4O7PS. The first kappa shape index (κ1) is 47.5. The summed E-state index contributed by atoms with van der Waals surface area (Å²) in [5.41, 5.74) is 1.02. The van der Waals surface area contributed by atoms with Gasteiger partial charge in [-0.25, -0.2) is 18.7 Å². The number of carbonyl (C=O) groups excluding carboxylic acids is 3. The van der Waals surface area contributed by atoms with Crippen molar-refractivity contribution in [3.05, 3.63) is 64.0 Å². The highest BCUT2D eigenvalue weighted by Gasteiger charge is 2.66. The van der Waals surface area contributed by atoms with Crippen molar-refractivity contribution in [2.45, 2.75) is 146 Å². The number of rotatable bonds is 13. The lowest BCUT2D eigenvalue weighted by Crippen LogP contribution is -2.45. The van der Waals surface area contributed by atoms with Gasteiger partial charge >= 0.3 is 0 Å². The Morgan fingerprint density at radius 3 is 2.42 bits per heavy atom. The first-order valence-corrected chi connectivity index (χ1v) is 26.4. The second-order valence-corrected chi connectivity index (χ2v) is 23.0. The fourth-order valence-corrected chi connectivity index (χ4v) is 14.4. The second kappa shape index (κ2) is 20.1. The SMILES string of the molecule is COc1ccc2c(O[C@@H]3C[C@H]4C(=O)C[C@]5(P(=O)(O)Cc6c(F)cccc6F)C[C@@H]5CCCCCCCC(CC(=O)CC5CCCC5)C(=O)N4C3)cc(-c3csc(NC(C)C)n3)nc2c1Cl. The number of nitrogens with one attached hydrogen (secondary N) is 1. The predicted molar refractivity (Wildman–Crippen MR) is 250 cm³/mol. The van der Waals surface area contributed by atoms with Crippen LogP contribution in [0.3, 0.4) is 0 Å². The molecule has 0 bridgehead atoms. The Balaban J connectivity index is 1.14. The molecule has 2 aliphatic heterocycles. The zero-order valence-electron chi connectivity index (χ0n) is 37.5. The van der Waals surface area contributed by atoms with Crippen LogP contribution < -0.4 is 14.8 Å². The van der Waals surface area contributed by atoms with Gasteiger partial charge in [0.1, 0.15) is 45.7 Å². The van der Waals surface area contributed by atoms with Gasteiger partial charge in [0.25, 0.3) is 0 Å². The number of methoxy groups -OCH3 is 1. The van der Waals surface area contributed by atoms with Gasteiger partial charge in [0.05, 0.1) is 42.2 Å².